The second kappa shape index (κ2) is 6.75. The van der Waals surface area contributed by atoms with Crippen molar-refractivity contribution in [3.05, 3.63) is 28.8 Å². The molecule has 1 atom stereocenters. The highest BCUT2D eigenvalue weighted by Crippen LogP contribution is 2.24. The Morgan fingerprint density at radius 2 is 2.05 bits per heavy atom. The number of nitrogens with one attached hydrogen (secondary N) is 1. The Morgan fingerprint density at radius 1 is 1.35 bits per heavy atom. The largest absolute Gasteiger partial charge is 0.483 e. The average Bonchev–Trinajstić information content (AvgIpc) is 2.88. The molecule has 1 aliphatic rings. The number of carbonyl (C=O) groups is 1. The van der Waals surface area contributed by atoms with Gasteiger partial charge in [-0.15, -0.1) is 0 Å². The molecule has 0 radical (unpaired) electrons. The summed E-state index contributed by atoms with van der Waals surface area (Å²) < 4.78 is 11.1. The second-order valence-electron chi connectivity index (χ2n) is 5.46. The minimum absolute atomic E-state index is 0.0530. The summed E-state index contributed by atoms with van der Waals surface area (Å²) in [6, 6.07) is 4.12. The second-order valence-corrected chi connectivity index (χ2v) is 5.46. The van der Waals surface area contributed by atoms with Crippen LogP contribution < -0.4 is 10.1 Å². The lowest BCUT2D eigenvalue weighted by molar-refractivity contribution is -0.123. The Balaban J connectivity index is 1.81. The van der Waals surface area contributed by atoms with E-state index in [1.165, 1.54) is 5.56 Å². The molecule has 110 valence electrons. The third-order valence-electron chi connectivity index (χ3n) is 3.50. The van der Waals surface area contributed by atoms with Crippen LogP contribution in [0, 0.1) is 20.8 Å². The Labute approximate surface area is 120 Å². The van der Waals surface area contributed by atoms with Crippen LogP contribution in [0.15, 0.2) is 12.1 Å². The first-order valence-corrected chi connectivity index (χ1v) is 7.15. The molecule has 1 aliphatic heterocycles. The van der Waals surface area contributed by atoms with Gasteiger partial charge in [0.25, 0.3) is 5.91 Å². The van der Waals surface area contributed by atoms with E-state index in [2.05, 4.69) is 24.4 Å². The topological polar surface area (TPSA) is 47.6 Å². The predicted molar refractivity (Wildman–Crippen MR) is 78.1 cm³/mol. The van der Waals surface area contributed by atoms with E-state index in [9.17, 15) is 4.79 Å². The van der Waals surface area contributed by atoms with Crippen molar-refractivity contribution < 1.29 is 14.3 Å². The molecule has 1 aromatic rings. The molecule has 0 saturated carbocycles. The van der Waals surface area contributed by atoms with Crippen LogP contribution in [-0.4, -0.2) is 31.8 Å². The van der Waals surface area contributed by atoms with Gasteiger partial charge in [-0.1, -0.05) is 17.7 Å². The molecule has 2 rings (SSSR count). The molecule has 0 aromatic heterocycles. The lowest BCUT2D eigenvalue weighted by Crippen LogP contribution is -2.35. The van der Waals surface area contributed by atoms with Crippen molar-refractivity contribution in [2.24, 2.45) is 0 Å². The van der Waals surface area contributed by atoms with E-state index >= 15 is 0 Å². The normalized spacial score (nSPS) is 18.1. The smallest absolute Gasteiger partial charge is 0.258 e. The zero-order valence-electron chi connectivity index (χ0n) is 12.5. The first-order chi connectivity index (χ1) is 9.56. The third kappa shape index (κ3) is 3.97. The van der Waals surface area contributed by atoms with Crippen LogP contribution in [0.1, 0.15) is 29.5 Å². The molecule has 1 amide bonds. The molecule has 0 unspecified atom stereocenters. The lowest BCUT2D eigenvalue weighted by Gasteiger charge is -2.14. The highest BCUT2D eigenvalue weighted by molar-refractivity contribution is 5.77. The van der Waals surface area contributed by atoms with Crippen molar-refractivity contribution >= 4 is 5.91 Å². The maximum Gasteiger partial charge on any atom is 0.258 e. The van der Waals surface area contributed by atoms with Crippen molar-refractivity contribution in [1.29, 1.82) is 0 Å². The quantitative estimate of drug-likeness (QED) is 0.898. The minimum Gasteiger partial charge on any atom is -0.483 e. The monoisotopic (exact) mass is 277 g/mol. The van der Waals surface area contributed by atoms with Gasteiger partial charge in [-0.2, -0.15) is 0 Å². The SMILES string of the molecule is Cc1cc(C)c(OCC(=O)NC[C@H]2CCCO2)c(C)c1. The Bertz CT molecular complexity index is 456. The molecule has 4 heteroatoms. The summed E-state index contributed by atoms with van der Waals surface area (Å²) in [6.07, 6.45) is 2.28. The third-order valence-corrected chi connectivity index (χ3v) is 3.50. The molecular formula is C16H23NO3. The molecule has 1 aromatic carbocycles. The number of amides is 1. The molecule has 0 aliphatic carbocycles. The lowest BCUT2D eigenvalue weighted by atomic mass is 10.1. The summed E-state index contributed by atoms with van der Waals surface area (Å²) in [5, 5.41) is 2.86. The molecule has 0 spiro atoms. The minimum atomic E-state index is -0.0973. The molecule has 1 heterocycles. The van der Waals surface area contributed by atoms with E-state index in [1.807, 2.05) is 13.8 Å². The highest BCUT2D eigenvalue weighted by Gasteiger charge is 2.16. The number of carbonyl (C=O) groups excluding carboxylic acids is 1. The zero-order chi connectivity index (χ0) is 14.5. The van der Waals surface area contributed by atoms with E-state index in [4.69, 9.17) is 9.47 Å². The van der Waals surface area contributed by atoms with Gasteiger partial charge in [0, 0.05) is 13.2 Å². The van der Waals surface area contributed by atoms with Crippen LogP contribution in [0.3, 0.4) is 0 Å². The zero-order valence-corrected chi connectivity index (χ0v) is 12.5. The summed E-state index contributed by atoms with van der Waals surface area (Å²) >= 11 is 0. The van der Waals surface area contributed by atoms with Crippen LogP contribution in [0.5, 0.6) is 5.75 Å². The molecule has 1 N–H and O–H groups in total. The number of rotatable bonds is 5. The number of benzene rings is 1. The van der Waals surface area contributed by atoms with E-state index in [0.29, 0.717) is 6.54 Å². The van der Waals surface area contributed by atoms with Gasteiger partial charge in [-0.25, -0.2) is 0 Å². The van der Waals surface area contributed by atoms with Crippen LogP contribution >= 0.6 is 0 Å². The van der Waals surface area contributed by atoms with Crippen LogP contribution in [0.25, 0.3) is 0 Å². The first-order valence-electron chi connectivity index (χ1n) is 7.15. The fraction of sp³-hybridized carbons (Fsp3) is 0.562. The molecule has 1 saturated heterocycles. The van der Waals surface area contributed by atoms with Gasteiger partial charge in [0.05, 0.1) is 6.10 Å². The van der Waals surface area contributed by atoms with E-state index in [0.717, 1.165) is 36.3 Å². The van der Waals surface area contributed by atoms with Gasteiger partial charge >= 0.3 is 0 Å². The van der Waals surface area contributed by atoms with E-state index in [-0.39, 0.29) is 18.6 Å². The Hall–Kier alpha value is -1.55. The summed E-state index contributed by atoms with van der Waals surface area (Å²) in [6.45, 7) is 7.49. The molecule has 0 bridgehead atoms. The van der Waals surface area contributed by atoms with E-state index < -0.39 is 0 Å². The van der Waals surface area contributed by atoms with Crippen molar-refractivity contribution in [3.8, 4) is 5.75 Å². The fourth-order valence-electron chi connectivity index (χ4n) is 2.62. The summed E-state index contributed by atoms with van der Waals surface area (Å²) in [4.78, 5) is 11.8. The average molecular weight is 277 g/mol. The fourth-order valence-corrected chi connectivity index (χ4v) is 2.62. The van der Waals surface area contributed by atoms with Gasteiger partial charge < -0.3 is 14.8 Å². The van der Waals surface area contributed by atoms with E-state index in [1.54, 1.807) is 0 Å². The summed E-state index contributed by atoms with van der Waals surface area (Å²) in [7, 11) is 0. The number of hydrogen-bond donors (Lipinski definition) is 1. The van der Waals surface area contributed by atoms with Crippen LogP contribution in [0.2, 0.25) is 0 Å². The van der Waals surface area contributed by atoms with Crippen LogP contribution in [-0.2, 0) is 9.53 Å². The first kappa shape index (κ1) is 14.9. The van der Waals surface area contributed by atoms with Gasteiger partial charge in [0.2, 0.25) is 0 Å². The number of hydrogen-bond acceptors (Lipinski definition) is 3. The van der Waals surface area contributed by atoms with Gasteiger partial charge in [-0.05, 0) is 44.7 Å². The molecule has 20 heavy (non-hydrogen) atoms. The summed E-state index contributed by atoms with van der Waals surface area (Å²) in [5.74, 6) is 0.711. The molecule has 1 fully saturated rings. The predicted octanol–water partition coefficient (Wildman–Crippen LogP) is 2.29. The maximum atomic E-state index is 11.8. The van der Waals surface area contributed by atoms with Crippen LogP contribution in [0.4, 0.5) is 0 Å². The van der Waals surface area contributed by atoms with Gasteiger partial charge in [-0.3, -0.25) is 4.79 Å². The van der Waals surface area contributed by atoms with Crippen molar-refractivity contribution in [2.75, 3.05) is 19.8 Å². The standard InChI is InChI=1S/C16H23NO3/c1-11-7-12(2)16(13(3)8-11)20-10-15(18)17-9-14-5-4-6-19-14/h7-8,14H,4-6,9-10H2,1-3H3,(H,17,18)/t14-/m1/s1. The van der Waals surface area contributed by atoms with Gasteiger partial charge in [0.1, 0.15) is 5.75 Å². The number of ether oxygens (including phenoxy) is 2. The van der Waals surface area contributed by atoms with Crippen molar-refractivity contribution in [3.63, 3.8) is 0 Å². The maximum absolute atomic E-state index is 11.8. The highest BCUT2D eigenvalue weighted by atomic mass is 16.5. The van der Waals surface area contributed by atoms with Crippen molar-refractivity contribution in [2.45, 2.75) is 39.7 Å². The van der Waals surface area contributed by atoms with Crippen molar-refractivity contribution in [1.82, 2.24) is 5.32 Å². The Morgan fingerprint density at radius 3 is 2.65 bits per heavy atom. The number of aryl methyl sites for hydroxylation is 3. The summed E-state index contributed by atoms with van der Waals surface area (Å²) in [5.41, 5.74) is 3.33. The molecular weight excluding hydrogens is 254 g/mol. The van der Waals surface area contributed by atoms with Gasteiger partial charge in [0.15, 0.2) is 6.61 Å². The molecule has 4 nitrogen and oxygen atoms in total. The Kier molecular flexibility index (Phi) is 5.01.